The summed E-state index contributed by atoms with van der Waals surface area (Å²) in [5.74, 6) is 0.449. The maximum atomic E-state index is 12.6. The van der Waals surface area contributed by atoms with E-state index in [-0.39, 0.29) is 18.1 Å². The molecule has 0 saturated carbocycles. The fourth-order valence-corrected chi connectivity index (χ4v) is 2.98. The number of carbonyl (C=O) groups excluding carboxylic acids is 2. The zero-order valence-electron chi connectivity index (χ0n) is 16.2. The highest BCUT2D eigenvalue weighted by Crippen LogP contribution is 2.35. The lowest BCUT2D eigenvalue weighted by molar-refractivity contribution is -0.142. The molecule has 0 bridgehead atoms. The number of allylic oxidation sites excluding steroid dienone is 1. The Labute approximate surface area is 164 Å². The highest BCUT2D eigenvalue weighted by atomic mass is 16.6. The van der Waals surface area contributed by atoms with Gasteiger partial charge in [0.2, 0.25) is 5.78 Å². The lowest BCUT2D eigenvalue weighted by atomic mass is 10.1. The van der Waals surface area contributed by atoms with E-state index in [9.17, 15) is 9.59 Å². The summed E-state index contributed by atoms with van der Waals surface area (Å²) in [6, 6.07) is 12.9. The number of anilines is 1. The predicted molar refractivity (Wildman–Crippen MR) is 107 cm³/mol. The van der Waals surface area contributed by atoms with Gasteiger partial charge in [0.25, 0.3) is 0 Å². The van der Waals surface area contributed by atoms with Crippen LogP contribution in [0.2, 0.25) is 0 Å². The summed E-state index contributed by atoms with van der Waals surface area (Å²) in [6.45, 7) is 5.91. The molecule has 2 aromatic carbocycles. The minimum atomic E-state index is -0.480. The number of hydrogen-bond acceptors (Lipinski definition) is 6. The normalized spacial score (nSPS) is 13.8. The molecule has 2 aromatic rings. The van der Waals surface area contributed by atoms with Gasteiger partial charge in [0, 0.05) is 24.8 Å². The Morgan fingerprint density at radius 1 is 1.11 bits per heavy atom. The summed E-state index contributed by atoms with van der Waals surface area (Å²) < 4.78 is 15.6. The number of carbonyl (C=O) groups is 2. The average molecular weight is 381 g/mol. The zero-order valence-corrected chi connectivity index (χ0v) is 16.2. The van der Waals surface area contributed by atoms with Crippen molar-refractivity contribution in [2.75, 3.05) is 31.7 Å². The van der Waals surface area contributed by atoms with Crippen molar-refractivity contribution in [1.29, 1.82) is 0 Å². The average Bonchev–Trinajstić information content (AvgIpc) is 3.03. The van der Waals surface area contributed by atoms with Crippen LogP contribution in [0.4, 0.5) is 5.69 Å². The zero-order chi connectivity index (χ0) is 20.1. The molecule has 146 valence electrons. The fraction of sp³-hybridized carbons (Fsp3) is 0.273. The number of esters is 1. The van der Waals surface area contributed by atoms with Crippen molar-refractivity contribution in [3.63, 3.8) is 0 Å². The summed E-state index contributed by atoms with van der Waals surface area (Å²) in [5, 5.41) is 0. The van der Waals surface area contributed by atoms with E-state index in [0.717, 1.165) is 24.3 Å². The van der Waals surface area contributed by atoms with Crippen molar-refractivity contribution in [1.82, 2.24) is 0 Å². The summed E-state index contributed by atoms with van der Waals surface area (Å²) in [4.78, 5) is 26.0. The number of ketones is 1. The molecule has 1 aliphatic rings. The van der Waals surface area contributed by atoms with Crippen LogP contribution in [-0.4, -0.2) is 38.6 Å². The Hall–Kier alpha value is -3.28. The molecule has 6 nitrogen and oxygen atoms in total. The van der Waals surface area contributed by atoms with E-state index in [1.807, 2.05) is 24.3 Å². The molecule has 0 N–H and O–H groups in total. The summed E-state index contributed by atoms with van der Waals surface area (Å²) in [5.41, 5.74) is 2.49. The largest absolute Gasteiger partial charge is 0.482 e. The van der Waals surface area contributed by atoms with Gasteiger partial charge in [-0.1, -0.05) is 12.1 Å². The number of fused-ring (bicyclic) bond motifs is 1. The Morgan fingerprint density at radius 2 is 1.82 bits per heavy atom. The molecule has 6 heteroatoms. The minimum Gasteiger partial charge on any atom is -0.482 e. The monoisotopic (exact) mass is 381 g/mol. The van der Waals surface area contributed by atoms with Gasteiger partial charge in [-0.2, -0.15) is 0 Å². The molecule has 0 unspecified atom stereocenters. The van der Waals surface area contributed by atoms with E-state index in [2.05, 4.69) is 23.5 Å². The molecule has 0 saturated heterocycles. The van der Waals surface area contributed by atoms with Crippen LogP contribution >= 0.6 is 0 Å². The van der Waals surface area contributed by atoms with E-state index in [1.165, 1.54) is 7.11 Å². The second kappa shape index (κ2) is 8.61. The van der Waals surface area contributed by atoms with Crippen LogP contribution in [0.15, 0.2) is 48.2 Å². The first-order valence-corrected chi connectivity index (χ1v) is 9.18. The number of benzene rings is 2. The third-order valence-corrected chi connectivity index (χ3v) is 4.55. The van der Waals surface area contributed by atoms with E-state index in [1.54, 1.807) is 24.3 Å². The molecule has 1 aliphatic heterocycles. The fourth-order valence-electron chi connectivity index (χ4n) is 2.98. The number of ether oxygens (including phenoxy) is 3. The first-order valence-electron chi connectivity index (χ1n) is 9.18. The summed E-state index contributed by atoms with van der Waals surface area (Å²) in [7, 11) is 1.29. The van der Waals surface area contributed by atoms with Crippen molar-refractivity contribution in [3.05, 3.63) is 59.4 Å². The van der Waals surface area contributed by atoms with Gasteiger partial charge in [-0.25, -0.2) is 4.79 Å². The van der Waals surface area contributed by atoms with Gasteiger partial charge in [0.15, 0.2) is 12.4 Å². The molecule has 0 spiro atoms. The molecule has 0 aliphatic carbocycles. The number of rotatable bonds is 7. The molecule has 0 amide bonds. The van der Waals surface area contributed by atoms with Gasteiger partial charge in [-0.05, 0) is 49.8 Å². The molecule has 0 fully saturated rings. The van der Waals surface area contributed by atoms with E-state index < -0.39 is 5.97 Å². The van der Waals surface area contributed by atoms with Crippen molar-refractivity contribution >= 4 is 23.5 Å². The minimum absolute atomic E-state index is 0.178. The third kappa shape index (κ3) is 4.17. The SMILES string of the molecule is CCN(CC)c1ccc(/C=C2\Oc3cc(OCC(=O)OC)ccc3C2=O)cc1. The second-order valence-corrected chi connectivity index (χ2v) is 6.23. The van der Waals surface area contributed by atoms with Gasteiger partial charge < -0.3 is 19.1 Å². The molecule has 0 radical (unpaired) electrons. The number of hydrogen-bond donors (Lipinski definition) is 0. The summed E-state index contributed by atoms with van der Waals surface area (Å²) >= 11 is 0. The van der Waals surface area contributed by atoms with Gasteiger partial charge in [-0.15, -0.1) is 0 Å². The molecule has 3 rings (SSSR count). The van der Waals surface area contributed by atoms with Crippen molar-refractivity contribution in [3.8, 4) is 11.5 Å². The molecular formula is C22H23NO5. The van der Waals surface area contributed by atoms with Crippen LogP contribution in [0.25, 0.3) is 6.08 Å². The predicted octanol–water partition coefficient (Wildman–Crippen LogP) is 3.70. The van der Waals surface area contributed by atoms with Gasteiger partial charge in [-0.3, -0.25) is 4.79 Å². The van der Waals surface area contributed by atoms with Gasteiger partial charge in [0.05, 0.1) is 12.7 Å². The van der Waals surface area contributed by atoms with Crippen LogP contribution in [-0.2, 0) is 9.53 Å². The van der Waals surface area contributed by atoms with Gasteiger partial charge in [0.1, 0.15) is 11.5 Å². The lowest BCUT2D eigenvalue weighted by Crippen LogP contribution is -2.21. The van der Waals surface area contributed by atoms with Crippen LogP contribution in [0.5, 0.6) is 11.5 Å². The Kier molecular flexibility index (Phi) is 5.99. The van der Waals surface area contributed by atoms with E-state index in [0.29, 0.717) is 17.1 Å². The standard InChI is InChI=1S/C22H23NO5/c1-4-23(5-2)16-8-6-15(7-9-16)12-20-22(25)18-11-10-17(13-19(18)28-20)27-14-21(24)26-3/h6-13H,4-5,14H2,1-3H3/b20-12-. The smallest absolute Gasteiger partial charge is 0.343 e. The molecule has 1 heterocycles. The quantitative estimate of drug-likeness (QED) is 0.538. The molecule has 0 aromatic heterocycles. The Bertz CT molecular complexity index is 898. The maximum absolute atomic E-state index is 12.6. The highest BCUT2D eigenvalue weighted by molar-refractivity contribution is 6.14. The topological polar surface area (TPSA) is 65.1 Å². The van der Waals surface area contributed by atoms with Crippen LogP contribution in [0.3, 0.4) is 0 Å². The van der Waals surface area contributed by atoms with Crippen molar-refractivity contribution < 1.29 is 23.8 Å². The number of methoxy groups -OCH3 is 1. The van der Waals surface area contributed by atoms with Crippen molar-refractivity contribution in [2.45, 2.75) is 13.8 Å². The molecule has 0 atom stereocenters. The van der Waals surface area contributed by atoms with Crippen LogP contribution < -0.4 is 14.4 Å². The first-order chi connectivity index (χ1) is 13.5. The second-order valence-electron chi connectivity index (χ2n) is 6.23. The van der Waals surface area contributed by atoms with Gasteiger partial charge >= 0.3 is 5.97 Å². The highest BCUT2D eigenvalue weighted by Gasteiger charge is 2.27. The summed E-state index contributed by atoms with van der Waals surface area (Å²) in [6.07, 6.45) is 1.73. The van der Waals surface area contributed by atoms with Crippen LogP contribution in [0, 0.1) is 0 Å². The molecule has 28 heavy (non-hydrogen) atoms. The number of nitrogens with zero attached hydrogens (tertiary/aromatic N) is 1. The lowest BCUT2D eigenvalue weighted by Gasteiger charge is -2.20. The maximum Gasteiger partial charge on any atom is 0.343 e. The van der Waals surface area contributed by atoms with E-state index >= 15 is 0 Å². The van der Waals surface area contributed by atoms with Crippen molar-refractivity contribution in [2.24, 2.45) is 0 Å². The third-order valence-electron chi connectivity index (χ3n) is 4.55. The first kappa shape index (κ1) is 19.5. The Balaban J connectivity index is 1.75. The van der Waals surface area contributed by atoms with E-state index in [4.69, 9.17) is 9.47 Å². The molecular weight excluding hydrogens is 358 g/mol. The Morgan fingerprint density at radius 3 is 2.46 bits per heavy atom. The van der Waals surface area contributed by atoms with Crippen LogP contribution in [0.1, 0.15) is 29.8 Å². The number of Topliss-reactive ketones (excluding diaryl/α,β-unsaturated/α-hetero) is 1.